The Morgan fingerprint density at radius 1 is 1.23 bits per heavy atom. The van der Waals surface area contributed by atoms with Gasteiger partial charge in [-0.2, -0.15) is 5.06 Å². The van der Waals surface area contributed by atoms with Crippen molar-refractivity contribution in [2.75, 3.05) is 13.2 Å². The molecule has 126 valence electrons. The highest BCUT2D eigenvalue weighted by Gasteiger charge is 2.52. The minimum Gasteiger partial charge on any atom is -0.392 e. The first-order valence-electron chi connectivity index (χ1n) is 8.23. The van der Waals surface area contributed by atoms with E-state index in [2.05, 4.69) is 58.0 Å². The zero-order valence-corrected chi connectivity index (χ0v) is 14.9. The van der Waals surface area contributed by atoms with Crippen molar-refractivity contribution in [1.29, 1.82) is 0 Å². The van der Waals surface area contributed by atoms with Crippen LogP contribution in [0.2, 0.25) is 0 Å². The van der Waals surface area contributed by atoms with Gasteiger partial charge in [-0.05, 0) is 26.7 Å². The van der Waals surface area contributed by atoms with Gasteiger partial charge < -0.3 is 4.84 Å². The Morgan fingerprint density at radius 3 is 2.36 bits per heavy atom. The Morgan fingerprint density at radius 2 is 1.86 bits per heavy atom. The predicted molar refractivity (Wildman–Crippen MR) is 92.7 cm³/mol. The summed E-state index contributed by atoms with van der Waals surface area (Å²) >= 11 is 0. The van der Waals surface area contributed by atoms with Crippen LogP contribution in [0, 0.1) is 5.92 Å². The molecule has 0 aromatic heterocycles. The van der Waals surface area contributed by atoms with E-state index < -0.39 is 0 Å². The number of hydrogen-bond donors (Lipinski definition) is 0. The summed E-state index contributed by atoms with van der Waals surface area (Å²) in [5, 5.41) is 6.59. The first kappa shape index (κ1) is 18.9. The molecule has 0 radical (unpaired) electrons. The maximum Gasteiger partial charge on any atom is 0.135 e. The van der Waals surface area contributed by atoms with Crippen LogP contribution in [0.4, 0.5) is 0 Å². The SMILES string of the molecule is C=CCO/N=C1\CC(C)(CC)N(OCC=C)C(C)(CC)C1C. The van der Waals surface area contributed by atoms with E-state index in [9.17, 15) is 0 Å². The largest absolute Gasteiger partial charge is 0.392 e. The lowest BCUT2D eigenvalue weighted by Gasteiger charge is -2.56. The Labute approximate surface area is 135 Å². The topological polar surface area (TPSA) is 34.1 Å². The summed E-state index contributed by atoms with van der Waals surface area (Å²) in [5.74, 6) is 0.256. The van der Waals surface area contributed by atoms with Crippen LogP contribution in [0.15, 0.2) is 30.5 Å². The first-order valence-corrected chi connectivity index (χ1v) is 8.23. The third-order valence-corrected chi connectivity index (χ3v) is 5.12. The van der Waals surface area contributed by atoms with E-state index in [4.69, 9.17) is 9.68 Å². The minimum atomic E-state index is -0.123. The van der Waals surface area contributed by atoms with Gasteiger partial charge in [0.25, 0.3) is 0 Å². The van der Waals surface area contributed by atoms with Gasteiger partial charge in [0.1, 0.15) is 6.61 Å². The number of hydrogen-bond acceptors (Lipinski definition) is 4. The molecule has 0 N–H and O–H groups in total. The average molecular weight is 308 g/mol. The molecule has 4 nitrogen and oxygen atoms in total. The molecule has 1 heterocycles. The van der Waals surface area contributed by atoms with E-state index in [1.807, 2.05) is 0 Å². The Balaban J connectivity index is 3.17. The van der Waals surface area contributed by atoms with E-state index >= 15 is 0 Å². The van der Waals surface area contributed by atoms with E-state index in [0.29, 0.717) is 13.2 Å². The summed E-state index contributed by atoms with van der Waals surface area (Å²) in [4.78, 5) is 11.5. The van der Waals surface area contributed by atoms with Crippen LogP contribution in [0.25, 0.3) is 0 Å². The second kappa shape index (κ2) is 7.93. The summed E-state index contributed by atoms with van der Waals surface area (Å²) < 4.78 is 0. The lowest BCUT2D eigenvalue weighted by atomic mass is 9.70. The molecule has 0 spiro atoms. The summed E-state index contributed by atoms with van der Waals surface area (Å²) in [6.07, 6.45) is 6.31. The Kier molecular flexibility index (Phi) is 6.82. The van der Waals surface area contributed by atoms with Crippen molar-refractivity contribution in [1.82, 2.24) is 5.06 Å². The smallest absolute Gasteiger partial charge is 0.135 e. The van der Waals surface area contributed by atoms with E-state index in [1.54, 1.807) is 12.2 Å². The van der Waals surface area contributed by atoms with Gasteiger partial charge >= 0.3 is 0 Å². The van der Waals surface area contributed by atoms with Crippen LogP contribution in [-0.2, 0) is 9.68 Å². The van der Waals surface area contributed by atoms with Crippen molar-refractivity contribution in [3.63, 3.8) is 0 Å². The molecule has 0 bridgehead atoms. The number of piperidine rings is 1. The normalized spacial score (nSPS) is 34.6. The molecule has 1 fully saturated rings. The van der Waals surface area contributed by atoms with Crippen molar-refractivity contribution in [2.24, 2.45) is 11.1 Å². The third kappa shape index (κ3) is 3.61. The van der Waals surface area contributed by atoms with Gasteiger partial charge in [0.05, 0.1) is 17.9 Å². The van der Waals surface area contributed by atoms with Crippen molar-refractivity contribution in [3.05, 3.63) is 25.3 Å². The summed E-state index contributed by atoms with van der Waals surface area (Å²) in [6, 6.07) is 0. The number of rotatable bonds is 8. The first-order chi connectivity index (χ1) is 10.4. The molecule has 1 rings (SSSR count). The molecule has 3 unspecified atom stereocenters. The lowest BCUT2D eigenvalue weighted by molar-refractivity contribution is -0.281. The van der Waals surface area contributed by atoms with Crippen LogP contribution in [0.1, 0.15) is 53.9 Å². The summed E-state index contributed by atoms with van der Waals surface area (Å²) in [5.41, 5.74) is 0.882. The van der Waals surface area contributed by atoms with Gasteiger partial charge in [0, 0.05) is 17.9 Å². The third-order valence-electron chi connectivity index (χ3n) is 5.12. The number of nitrogens with zero attached hydrogens (tertiary/aromatic N) is 2. The second-order valence-electron chi connectivity index (χ2n) is 6.51. The molecular weight excluding hydrogens is 276 g/mol. The molecule has 0 aliphatic carbocycles. The van der Waals surface area contributed by atoms with Crippen LogP contribution in [0.5, 0.6) is 0 Å². The second-order valence-corrected chi connectivity index (χ2v) is 6.51. The maximum absolute atomic E-state index is 6.09. The molecule has 1 saturated heterocycles. The van der Waals surface area contributed by atoms with Crippen molar-refractivity contribution >= 4 is 5.71 Å². The minimum absolute atomic E-state index is 0.101. The molecule has 0 aromatic carbocycles. The van der Waals surface area contributed by atoms with Crippen LogP contribution >= 0.6 is 0 Å². The van der Waals surface area contributed by atoms with Gasteiger partial charge in [0.15, 0.2) is 0 Å². The Bertz CT molecular complexity index is 421. The van der Waals surface area contributed by atoms with Crippen LogP contribution in [-0.4, -0.2) is 35.1 Å². The maximum atomic E-state index is 6.09. The predicted octanol–water partition coefficient (Wildman–Crippen LogP) is 4.34. The van der Waals surface area contributed by atoms with Crippen molar-refractivity contribution < 1.29 is 9.68 Å². The summed E-state index contributed by atoms with van der Waals surface area (Å²) in [7, 11) is 0. The van der Waals surface area contributed by atoms with E-state index in [-0.39, 0.29) is 17.0 Å². The highest BCUT2D eigenvalue weighted by Crippen LogP contribution is 2.44. The van der Waals surface area contributed by atoms with E-state index in [1.165, 1.54) is 0 Å². The van der Waals surface area contributed by atoms with Gasteiger partial charge in [-0.25, -0.2) is 0 Å². The monoisotopic (exact) mass is 308 g/mol. The number of hydroxylamine groups is 2. The van der Waals surface area contributed by atoms with Gasteiger partial charge in [-0.15, -0.1) is 6.58 Å². The zero-order chi connectivity index (χ0) is 16.8. The molecule has 3 atom stereocenters. The van der Waals surface area contributed by atoms with Crippen LogP contribution < -0.4 is 0 Å². The average Bonchev–Trinajstić information content (AvgIpc) is 2.52. The van der Waals surface area contributed by atoms with Gasteiger partial charge in [-0.1, -0.05) is 44.7 Å². The summed E-state index contributed by atoms with van der Waals surface area (Å²) in [6.45, 7) is 19.5. The fourth-order valence-electron chi connectivity index (χ4n) is 3.20. The molecule has 1 aliphatic heterocycles. The zero-order valence-electron chi connectivity index (χ0n) is 14.9. The van der Waals surface area contributed by atoms with Crippen molar-refractivity contribution in [2.45, 2.75) is 65.0 Å². The molecule has 0 saturated carbocycles. The van der Waals surface area contributed by atoms with E-state index in [0.717, 1.165) is 25.0 Å². The molecule has 0 aromatic rings. The molecule has 4 heteroatoms. The molecule has 22 heavy (non-hydrogen) atoms. The van der Waals surface area contributed by atoms with Crippen LogP contribution in [0.3, 0.4) is 0 Å². The molecular formula is C18H32N2O2. The van der Waals surface area contributed by atoms with Gasteiger partial charge in [0.2, 0.25) is 0 Å². The Hall–Kier alpha value is -1.13. The highest BCUT2D eigenvalue weighted by atomic mass is 16.7. The fraction of sp³-hybridized carbons (Fsp3) is 0.722. The standard InChI is InChI=1S/C18H32N2O2/c1-8-12-21-19-16-14-17(6,10-3)20(22-13-9-2)18(7,11-4)15(16)5/h8-9,15H,1-2,10-14H2,3-7H3/b19-16+. The van der Waals surface area contributed by atoms with Crippen molar-refractivity contribution in [3.8, 4) is 0 Å². The lowest BCUT2D eigenvalue weighted by Crippen LogP contribution is -2.66. The quantitative estimate of drug-likeness (QED) is 0.380. The van der Waals surface area contributed by atoms with Gasteiger partial charge in [-0.3, -0.25) is 4.84 Å². The number of oxime groups is 1. The molecule has 0 amide bonds. The molecule has 1 aliphatic rings. The highest BCUT2D eigenvalue weighted by molar-refractivity contribution is 5.89. The fourth-order valence-corrected chi connectivity index (χ4v) is 3.20.